The quantitative estimate of drug-likeness (QED) is 0.652. The molecule has 0 bridgehead atoms. The maximum absolute atomic E-state index is 12.6. The number of ether oxygens (including phenoxy) is 1. The molecule has 1 aliphatic rings. The Morgan fingerprint density at radius 3 is 2.26 bits per heavy atom. The van der Waals surface area contributed by atoms with Crippen LogP contribution in [0.4, 0.5) is 11.4 Å². The normalized spacial score (nSPS) is 13.8. The van der Waals surface area contributed by atoms with Crippen LogP contribution in [0, 0.1) is 0 Å². The summed E-state index contributed by atoms with van der Waals surface area (Å²) in [6, 6.07) is 9.19. The number of phenols is 1. The summed E-state index contributed by atoms with van der Waals surface area (Å²) in [6.45, 7) is 12.4. The number of rotatable bonds is 4. The highest BCUT2D eigenvalue weighted by Gasteiger charge is 2.26. The molecule has 6 nitrogen and oxygen atoms in total. The molecule has 0 aliphatic carbocycles. The van der Waals surface area contributed by atoms with Crippen molar-refractivity contribution < 1.29 is 19.4 Å². The number of hydrogen-bond donors (Lipinski definition) is 3. The fraction of sp³-hybridized carbons (Fsp3) is 0.440. The second-order valence-corrected chi connectivity index (χ2v) is 10.1. The SMILES string of the molecule is CC(C)(C)c1cc(CCC(=O)Nc2ccc3c(c2)NC(=O)CO3)cc(C(C)(C)C)c1O. The van der Waals surface area contributed by atoms with Crippen molar-refractivity contribution in [2.45, 2.75) is 65.2 Å². The number of nitrogens with one attached hydrogen (secondary N) is 2. The average molecular weight is 425 g/mol. The third-order valence-corrected chi connectivity index (χ3v) is 5.32. The first-order valence-electron chi connectivity index (χ1n) is 10.6. The van der Waals surface area contributed by atoms with Crippen molar-refractivity contribution in [3.05, 3.63) is 47.0 Å². The standard InChI is InChI=1S/C25H32N2O4/c1-24(2,3)17-11-15(12-18(23(17)30)25(4,5)6)7-10-21(28)26-16-8-9-20-19(13-16)27-22(29)14-31-20/h8-9,11-13,30H,7,10,14H2,1-6H3,(H,26,28)(H,27,29). The van der Waals surface area contributed by atoms with Gasteiger partial charge in [0.25, 0.3) is 5.91 Å². The van der Waals surface area contributed by atoms with Crippen LogP contribution in [0.1, 0.15) is 64.7 Å². The van der Waals surface area contributed by atoms with E-state index < -0.39 is 0 Å². The fourth-order valence-corrected chi connectivity index (χ4v) is 3.62. The molecule has 0 atom stereocenters. The molecule has 1 aliphatic heterocycles. The minimum Gasteiger partial charge on any atom is -0.507 e. The van der Waals surface area contributed by atoms with Crippen LogP contribution >= 0.6 is 0 Å². The van der Waals surface area contributed by atoms with Gasteiger partial charge in [-0.2, -0.15) is 0 Å². The molecule has 0 saturated heterocycles. The van der Waals surface area contributed by atoms with E-state index in [0.29, 0.717) is 35.7 Å². The van der Waals surface area contributed by atoms with E-state index in [0.717, 1.165) is 16.7 Å². The van der Waals surface area contributed by atoms with Gasteiger partial charge in [-0.1, -0.05) is 53.7 Å². The lowest BCUT2D eigenvalue weighted by molar-refractivity contribution is -0.118. The highest BCUT2D eigenvalue weighted by molar-refractivity contribution is 5.97. The van der Waals surface area contributed by atoms with Gasteiger partial charge < -0.3 is 20.5 Å². The van der Waals surface area contributed by atoms with Crippen LogP contribution in [0.15, 0.2) is 30.3 Å². The van der Waals surface area contributed by atoms with Gasteiger partial charge >= 0.3 is 0 Å². The number of amides is 2. The van der Waals surface area contributed by atoms with Gasteiger partial charge in [0, 0.05) is 12.1 Å². The van der Waals surface area contributed by atoms with Crippen molar-refractivity contribution in [3.63, 3.8) is 0 Å². The highest BCUT2D eigenvalue weighted by atomic mass is 16.5. The first-order chi connectivity index (χ1) is 14.3. The number of benzene rings is 2. The van der Waals surface area contributed by atoms with E-state index in [4.69, 9.17) is 4.74 Å². The number of carbonyl (C=O) groups is 2. The molecular weight excluding hydrogens is 392 g/mol. The number of aromatic hydroxyl groups is 1. The minimum atomic E-state index is -0.215. The van der Waals surface area contributed by atoms with E-state index >= 15 is 0 Å². The first-order valence-corrected chi connectivity index (χ1v) is 10.6. The predicted octanol–water partition coefficient (Wildman–Crippen LogP) is 4.89. The second kappa shape index (κ2) is 8.25. The molecule has 6 heteroatoms. The summed E-state index contributed by atoms with van der Waals surface area (Å²) in [5, 5.41) is 16.5. The Bertz CT molecular complexity index is 978. The lowest BCUT2D eigenvalue weighted by Gasteiger charge is -2.28. The Kier molecular flexibility index (Phi) is 6.03. The summed E-state index contributed by atoms with van der Waals surface area (Å²) in [5.41, 5.74) is 3.54. The Hall–Kier alpha value is -3.02. The van der Waals surface area contributed by atoms with E-state index in [2.05, 4.69) is 52.2 Å². The van der Waals surface area contributed by atoms with E-state index in [9.17, 15) is 14.7 Å². The topological polar surface area (TPSA) is 87.7 Å². The van der Waals surface area contributed by atoms with Crippen molar-refractivity contribution in [2.24, 2.45) is 0 Å². The van der Waals surface area contributed by atoms with Crippen LogP contribution < -0.4 is 15.4 Å². The molecule has 2 amide bonds. The van der Waals surface area contributed by atoms with Crippen LogP contribution in [0.3, 0.4) is 0 Å². The van der Waals surface area contributed by atoms with Gasteiger partial charge in [0.15, 0.2) is 6.61 Å². The van der Waals surface area contributed by atoms with E-state index in [1.54, 1.807) is 18.2 Å². The zero-order chi connectivity index (χ0) is 23.0. The zero-order valence-electron chi connectivity index (χ0n) is 19.2. The van der Waals surface area contributed by atoms with Crippen molar-refractivity contribution >= 4 is 23.2 Å². The van der Waals surface area contributed by atoms with Gasteiger partial charge in [0.2, 0.25) is 5.91 Å². The highest BCUT2D eigenvalue weighted by Crippen LogP contribution is 2.40. The fourth-order valence-electron chi connectivity index (χ4n) is 3.62. The van der Waals surface area contributed by atoms with Crippen molar-refractivity contribution in [1.82, 2.24) is 0 Å². The van der Waals surface area contributed by atoms with Crippen LogP contribution in [0.25, 0.3) is 0 Å². The van der Waals surface area contributed by atoms with Gasteiger partial charge in [-0.15, -0.1) is 0 Å². The van der Waals surface area contributed by atoms with Gasteiger partial charge in [0.05, 0.1) is 5.69 Å². The number of anilines is 2. The molecule has 0 fully saturated rings. The summed E-state index contributed by atoms with van der Waals surface area (Å²) in [4.78, 5) is 24.1. The van der Waals surface area contributed by atoms with Crippen LogP contribution in [0.2, 0.25) is 0 Å². The molecule has 166 valence electrons. The van der Waals surface area contributed by atoms with E-state index in [-0.39, 0.29) is 29.3 Å². The smallest absolute Gasteiger partial charge is 0.262 e. The molecule has 3 N–H and O–H groups in total. The number of fused-ring (bicyclic) bond motifs is 1. The molecule has 0 aromatic heterocycles. The lowest BCUT2D eigenvalue weighted by atomic mass is 9.78. The number of carbonyl (C=O) groups excluding carboxylic acids is 2. The van der Waals surface area contributed by atoms with Crippen molar-refractivity contribution in [2.75, 3.05) is 17.2 Å². The summed E-state index contributed by atoms with van der Waals surface area (Å²) in [6.07, 6.45) is 0.862. The summed E-state index contributed by atoms with van der Waals surface area (Å²) < 4.78 is 5.34. The third kappa shape index (κ3) is 5.37. The Morgan fingerprint density at radius 1 is 1.06 bits per heavy atom. The van der Waals surface area contributed by atoms with Crippen LogP contribution in [-0.2, 0) is 26.8 Å². The Labute approximate surface area is 184 Å². The Balaban J connectivity index is 1.74. The van der Waals surface area contributed by atoms with Gasteiger partial charge in [-0.25, -0.2) is 0 Å². The summed E-state index contributed by atoms with van der Waals surface area (Å²) >= 11 is 0. The minimum absolute atomic E-state index is 0.00154. The van der Waals surface area contributed by atoms with Crippen molar-refractivity contribution in [1.29, 1.82) is 0 Å². The number of hydrogen-bond acceptors (Lipinski definition) is 4. The van der Waals surface area contributed by atoms with Gasteiger partial charge in [0.1, 0.15) is 11.5 Å². The molecule has 2 aromatic carbocycles. The molecular formula is C25H32N2O4. The lowest BCUT2D eigenvalue weighted by Crippen LogP contribution is -2.25. The van der Waals surface area contributed by atoms with Crippen LogP contribution in [-0.4, -0.2) is 23.5 Å². The third-order valence-electron chi connectivity index (χ3n) is 5.32. The molecule has 0 saturated carbocycles. The first kappa shape index (κ1) is 22.7. The largest absolute Gasteiger partial charge is 0.507 e. The van der Waals surface area contributed by atoms with E-state index in [1.807, 2.05) is 12.1 Å². The molecule has 0 unspecified atom stereocenters. The summed E-state index contributed by atoms with van der Waals surface area (Å²) in [7, 11) is 0. The average Bonchev–Trinajstić information content (AvgIpc) is 2.65. The van der Waals surface area contributed by atoms with Gasteiger partial charge in [-0.05, 0) is 52.1 Å². The van der Waals surface area contributed by atoms with Crippen molar-refractivity contribution in [3.8, 4) is 11.5 Å². The molecule has 2 aromatic rings. The molecule has 31 heavy (non-hydrogen) atoms. The Morgan fingerprint density at radius 2 is 1.68 bits per heavy atom. The second-order valence-electron chi connectivity index (χ2n) is 10.1. The predicted molar refractivity (Wildman–Crippen MR) is 123 cm³/mol. The molecule has 0 spiro atoms. The maximum Gasteiger partial charge on any atom is 0.262 e. The van der Waals surface area contributed by atoms with Gasteiger partial charge in [-0.3, -0.25) is 9.59 Å². The number of aryl methyl sites for hydroxylation is 1. The zero-order valence-corrected chi connectivity index (χ0v) is 19.2. The monoisotopic (exact) mass is 424 g/mol. The number of phenolic OH excluding ortho intramolecular Hbond substituents is 1. The summed E-state index contributed by atoms with van der Waals surface area (Å²) in [5.74, 6) is 0.593. The van der Waals surface area contributed by atoms with E-state index in [1.165, 1.54) is 0 Å². The molecule has 1 heterocycles. The molecule has 0 radical (unpaired) electrons. The molecule has 3 rings (SSSR count). The maximum atomic E-state index is 12.6. The van der Waals surface area contributed by atoms with Crippen LogP contribution in [0.5, 0.6) is 11.5 Å².